The van der Waals surface area contributed by atoms with Crippen LogP contribution in [0.3, 0.4) is 0 Å². The maximum Gasteiger partial charge on any atom is 0.0457 e. The molecule has 0 amide bonds. The van der Waals surface area contributed by atoms with Crippen LogP contribution in [0.4, 0.5) is 0 Å². The van der Waals surface area contributed by atoms with Crippen LogP contribution in [0.15, 0.2) is 24.4 Å². The molecule has 0 spiro atoms. The Hall–Kier alpha value is -1.32. The second-order valence-electron chi connectivity index (χ2n) is 5.69. The van der Waals surface area contributed by atoms with E-state index in [0.29, 0.717) is 18.5 Å². The molecule has 3 rings (SSSR count). The normalized spacial score (nSPS) is 21.7. The summed E-state index contributed by atoms with van der Waals surface area (Å²) in [6.07, 6.45) is 5.99. The maximum atomic E-state index is 6.07. The van der Waals surface area contributed by atoms with E-state index in [9.17, 15) is 0 Å². The summed E-state index contributed by atoms with van der Waals surface area (Å²) < 4.78 is 0. The third kappa shape index (κ3) is 2.40. The van der Waals surface area contributed by atoms with Gasteiger partial charge in [-0.05, 0) is 44.0 Å². The van der Waals surface area contributed by atoms with Gasteiger partial charge in [0, 0.05) is 35.6 Å². The Morgan fingerprint density at radius 2 is 2.26 bits per heavy atom. The number of rotatable bonds is 3. The number of benzene rings is 1. The molecular weight excluding hydrogens is 234 g/mol. The van der Waals surface area contributed by atoms with Gasteiger partial charge in [-0.2, -0.15) is 0 Å². The summed E-state index contributed by atoms with van der Waals surface area (Å²) in [4.78, 5) is 3.39. The number of nitrogens with two attached hydrogens (primary N) is 1. The van der Waals surface area contributed by atoms with Gasteiger partial charge in [-0.15, -0.1) is 0 Å². The Kier molecular flexibility index (Phi) is 3.58. The van der Waals surface area contributed by atoms with Gasteiger partial charge >= 0.3 is 0 Å². The third-order valence-corrected chi connectivity index (χ3v) is 4.36. The Bertz CT molecular complexity index is 552. The number of hydrogen-bond acceptors (Lipinski definition) is 2. The second-order valence-corrected chi connectivity index (χ2v) is 5.69. The van der Waals surface area contributed by atoms with Crippen LogP contribution in [-0.4, -0.2) is 24.1 Å². The molecule has 1 saturated heterocycles. The zero-order valence-electron chi connectivity index (χ0n) is 11.6. The van der Waals surface area contributed by atoms with Crippen molar-refractivity contribution in [3.63, 3.8) is 0 Å². The minimum atomic E-state index is 0.413. The van der Waals surface area contributed by atoms with Crippen LogP contribution in [-0.2, 0) is 0 Å². The molecule has 2 aromatic rings. The molecule has 2 unspecified atom stereocenters. The van der Waals surface area contributed by atoms with Gasteiger partial charge in [0.2, 0.25) is 0 Å². The average molecular weight is 257 g/mol. The van der Waals surface area contributed by atoms with Gasteiger partial charge in [0.1, 0.15) is 0 Å². The van der Waals surface area contributed by atoms with E-state index in [4.69, 9.17) is 5.73 Å². The topological polar surface area (TPSA) is 53.8 Å². The molecule has 1 fully saturated rings. The maximum absolute atomic E-state index is 6.07. The van der Waals surface area contributed by atoms with E-state index >= 15 is 0 Å². The van der Waals surface area contributed by atoms with Crippen LogP contribution >= 0.6 is 0 Å². The highest BCUT2D eigenvalue weighted by molar-refractivity contribution is 5.84. The fourth-order valence-electron chi connectivity index (χ4n) is 3.29. The smallest absolute Gasteiger partial charge is 0.0457 e. The zero-order chi connectivity index (χ0) is 13.2. The Morgan fingerprint density at radius 1 is 1.37 bits per heavy atom. The predicted molar refractivity (Wildman–Crippen MR) is 80.5 cm³/mol. The Labute approximate surface area is 114 Å². The van der Waals surface area contributed by atoms with Crippen molar-refractivity contribution >= 4 is 10.9 Å². The first-order valence-corrected chi connectivity index (χ1v) is 7.30. The summed E-state index contributed by atoms with van der Waals surface area (Å²) in [6, 6.07) is 7.11. The Balaban J connectivity index is 1.98. The van der Waals surface area contributed by atoms with Gasteiger partial charge in [-0.25, -0.2) is 0 Å². The first kappa shape index (κ1) is 12.7. The van der Waals surface area contributed by atoms with Crippen molar-refractivity contribution < 1.29 is 0 Å². The lowest BCUT2D eigenvalue weighted by molar-refractivity contribution is 0.353. The molecule has 0 bridgehead atoms. The summed E-state index contributed by atoms with van der Waals surface area (Å²) >= 11 is 0. The summed E-state index contributed by atoms with van der Waals surface area (Å²) in [5.41, 5.74) is 9.97. The molecule has 102 valence electrons. The number of aromatic nitrogens is 1. The van der Waals surface area contributed by atoms with Crippen molar-refractivity contribution in [1.29, 1.82) is 0 Å². The molecule has 0 radical (unpaired) electrons. The highest BCUT2D eigenvalue weighted by Gasteiger charge is 2.25. The average Bonchev–Trinajstić information content (AvgIpc) is 2.84. The number of nitrogens with one attached hydrogen (secondary N) is 2. The number of fused-ring (bicyclic) bond motifs is 1. The number of piperidine rings is 1. The molecule has 1 aromatic heterocycles. The van der Waals surface area contributed by atoms with E-state index in [1.807, 2.05) is 0 Å². The zero-order valence-corrected chi connectivity index (χ0v) is 11.6. The second kappa shape index (κ2) is 5.35. The van der Waals surface area contributed by atoms with Gasteiger partial charge in [0.25, 0.3) is 0 Å². The van der Waals surface area contributed by atoms with Gasteiger partial charge in [0.05, 0.1) is 0 Å². The molecule has 2 atom stereocenters. The summed E-state index contributed by atoms with van der Waals surface area (Å²) in [7, 11) is 0. The van der Waals surface area contributed by atoms with Crippen molar-refractivity contribution in [2.75, 3.05) is 13.1 Å². The number of H-pyrrole nitrogens is 1. The highest BCUT2D eigenvalue weighted by atomic mass is 14.9. The van der Waals surface area contributed by atoms with E-state index in [2.05, 4.69) is 41.6 Å². The minimum Gasteiger partial charge on any atom is -0.361 e. The van der Waals surface area contributed by atoms with E-state index < -0.39 is 0 Å². The fraction of sp³-hybridized carbons (Fsp3) is 0.500. The number of aryl methyl sites for hydroxylation is 1. The summed E-state index contributed by atoms with van der Waals surface area (Å²) in [6.45, 7) is 3.98. The van der Waals surface area contributed by atoms with Crippen molar-refractivity contribution in [2.24, 2.45) is 5.73 Å². The predicted octanol–water partition coefficient (Wildman–Crippen LogP) is 2.66. The van der Waals surface area contributed by atoms with Gasteiger partial charge < -0.3 is 16.0 Å². The van der Waals surface area contributed by atoms with Crippen molar-refractivity contribution in [3.8, 4) is 0 Å². The molecule has 4 N–H and O–H groups in total. The van der Waals surface area contributed by atoms with Gasteiger partial charge in [-0.1, -0.05) is 18.1 Å². The van der Waals surface area contributed by atoms with Crippen LogP contribution in [0.5, 0.6) is 0 Å². The highest BCUT2D eigenvalue weighted by Crippen LogP contribution is 2.30. The van der Waals surface area contributed by atoms with Crippen LogP contribution < -0.4 is 11.1 Å². The molecule has 1 aromatic carbocycles. The van der Waals surface area contributed by atoms with E-state index in [0.717, 1.165) is 6.54 Å². The van der Waals surface area contributed by atoms with E-state index in [1.165, 1.54) is 41.3 Å². The lowest BCUT2D eigenvalue weighted by atomic mass is 9.86. The first-order chi connectivity index (χ1) is 9.29. The molecule has 19 heavy (non-hydrogen) atoms. The first-order valence-electron chi connectivity index (χ1n) is 7.30. The SMILES string of the molecule is Cc1ccc2[nH]cc(C(CN)C3CCCCN3)c2c1. The van der Waals surface area contributed by atoms with E-state index in [-0.39, 0.29) is 0 Å². The fourth-order valence-corrected chi connectivity index (χ4v) is 3.29. The van der Waals surface area contributed by atoms with Crippen LogP contribution in [0, 0.1) is 6.92 Å². The van der Waals surface area contributed by atoms with E-state index in [1.54, 1.807) is 0 Å². The van der Waals surface area contributed by atoms with Crippen molar-refractivity contribution in [1.82, 2.24) is 10.3 Å². The largest absolute Gasteiger partial charge is 0.361 e. The minimum absolute atomic E-state index is 0.413. The molecule has 0 aliphatic carbocycles. The van der Waals surface area contributed by atoms with Gasteiger partial charge in [0.15, 0.2) is 0 Å². The number of hydrogen-bond donors (Lipinski definition) is 3. The summed E-state index contributed by atoms with van der Waals surface area (Å²) in [5.74, 6) is 0.413. The quantitative estimate of drug-likeness (QED) is 0.792. The van der Waals surface area contributed by atoms with Crippen molar-refractivity contribution in [3.05, 3.63) is 35.5 Å². The molecule has 3 nitrogen and oxygen atoms in total. The van der Waals surface area contributed by atoms with Crippen LogP contribution in [0.25, 0.3) is 10.9 Å². The van der Waals surface area contributed by atoms with Crippen LogP contribution in [0.2, 0.25) is 0 Å². The third-order valence-electron chi connectivity index (χ3n) is 4.36. The molecule has 2 heterocycles. The summed E-state index contributed by atoms with van der Waals surface area (Å²) in [5, 5.41) is 4.98. The number of aromatic amines is 1. The monoisotopic (exact) mass is 257 g/mol. The molecule has 3 heteroatoms. The van der Waals surface area contributed by atoms with Crippen LogP contribution in [0.1, 0.15) is 36.3 Å². The lowest BCUT2D eigenvalue weighted by Crippen LogP contribution is -2.41. The lowest BCUT2D eigenvalue weighted by Gasteiger charge is -2.30. The van der Waals surface area contributed by atoms with Crippen molar-refractivity contribution in [2.45, 2.75) is 38.1 Å². The van der Waals surface area contributed by atoms with Gasteiger partial charge in [-0.3, -0.25) is 0 Å². The molecule has 0 saturated carbocycles. The Morgan fingerprint density at radius 3 is 3.00 bits per heavy atom. The standard InChI is InChI=1S/C16H23N3/c1-11-5-6-16-12(8-11)14(10-19-16)13(9-17)15-4-2-3-7-18-15/h5-6,8,10,13,15,18-19H,2-4,7,9,17H2,1H3. The molecule has 1 aliphatic heterocycles. The molecular formula is C16H23N3. The molecule has 1 aliphatic rings.